The van der Waals surface area contributed by atoms with Crippen molar-refractivity contribution in [3.63, 3.8) is 0 Å². The van der Waals surface area contributed by atoms with Crippen molar-refractivity contribution < 1.29 is 24.2 Å². The van der Waals surface area contributed by atoms with Gasteiger partial charge in [-0.1, -0.05) is 18.2 Å². The predicted octanol–water partition coefficient (Wildman–Crippen LogP) is 1.89. The van der Waals surface area contributed by atoms with Gasteiger partial charge in [-0.15, -0.1) is 0 Å². The number of carbonyl (C=O) groups is 2. The lowest BCUT2D eigenvalue weighted by molar-refractivity contribution is -0.147. The van der Waals surface area contributed by atoms with Gasteiger partial charge in [-0.3, -0.25) is 9.59 Å². The third kappa shape index (κ3) is 3.34. The van der Waals surface area contributed by atoms with Crippen LogP contribution in [0.5, 0.6) is 11.5 Å². The van der Waals surface area contributed by atoms with Gasteiger partial charge in [0, 0.05) is 6.54 Å². The largest absolute Gasteiger partial charge is 0.493 e. The van der Waals surface area contributed by atoms with Crippen LogP contribution in [0.4, 0.5) is 0 Å². The van der Waals surface area contributed by atoms with Gasteiger partial charge >= 0.3 is 5.97 Å². The molecule has 1 fully saturated rings. The van der Waals surface area contributed by atoms with Gasteiger partial charge in [0.05, 0.1) is 26.1 Å². The Hall–Kier alpha value is -2.50. The van der Waals surface area contributed by atoms with Crippen LogP contribution in [0, 0.1) is 23.7 Å². The average Bonchev–Trinajstić information content (AvgIpc) is 3.22. The maximum Gasteiger partial charge on any atom is 0.307 e. The number of carbonyl (C=O) groups excluding carboxylic acids is 1. The molecule has 25 heavy (non-hydrogen) atoms. The molecule has 0 spiro atoms. The Labute approximate surface area is 146 Å². The van der Waals surface area contributed by atoms with Crippen LogP contribution in [0.15, 0.2) is 30.4 Å². The van der Waals surface area contributed by atoms with Gasteiger partial charge in [-0.25, -0.2) is 0 Å². The zero-order valence-electron chi connectivity index (χ0n) is 14.4. The van der Waals surface area contributed by atoms with Crippen molar-refractivity contribution in [3.05, 3.63) is 35.9 Å². The van der Waals surface area contributed by atoms with Crippen LogP contribution in [-0.4, -0.2) is 37.7 Å². The number of carboxylic acids is 1. The minimum atomic E-state index is -0.878. The maximum atomic E-state index is 12.5. The number of fused-ring (bicyclic) bond motifs is 2. The first-order valence-electron chi connectivity index (χ1n) is 8.45. The number of hydrogen-bond donors (Lipinski definition) is 2. The van der Waals surface area contributed by atoms with E-state index in [9.17, 15) is 14.7 Å². The summed E-state index contributed by atoms with van der Waals surface area (Å²) in [7, 11) is 3.17. The number of ether oxygens (including phenoxy) is 2. The van der Waals surface area contributed by atoms with E-state index in [-0.39, 0.29) is 17.7 Å². The summed E-state index contributed by atoms with van der Waals surface area (Å²) >= 11 is 0. The molecule has 6 nitrogen and oxygen atoms in total. The van der Waals surface area contributed by atoms with E-state index >= 15 is 0 Å². The molecule has 1 saturated carbocycles. The molecule has 0 unspecified atom stereocenters. The lowest BCUT2D eigenvalue weighted by Crippen LogP contribution is -2.40. The number of allylic oxidation sites excluding steroid dienone is 2. The van der Waals surface area contributed by atoms with Crippen molar-refractivity contribution in [2.24, 2.45) is 23.7 Å². The number of benzene rings is 1. The highest BCUT2D eigenvalue weighted by atomic mass is 16.5. The van der Waals surface area contributed by atoms with Crippen LogP contribution >= 0.6 is 0 Å². The van der Waals surface area contributed by atoms with Gasteiger partial charge in [-0.05, 0) is 42.4 Å². The standard InChI is InChI=1S/C19H23NO5/c1-24-14-6-3-11(9-15(14)25-2)7-8-20-18(21)16-12-4-5-13(10-12)17(16)19(22)23/h3-6,9,12-13,16-17H,7-8,10H2,1-2H3,(H,20,21)(H,22,23)/t12-,13+,16+,17-/m0/s1. The lowest BCUT2D eigenvalue weighted by atomic mass is 9.82. The smallest absolute Gasteiger partial charge is 0.307 e. The molecule has 0 radical (unpaired) electrons. The zero-order chi connectivity index (χ0) is 18.0. The van der Waals surface area contributed by atoms with Gasteiger partial charge in [0.1, 0.15) is 0 Å². The molecule has 6 heteroatoms. The van der Waals surface area contributed by atoms with E-state index in [1.807, 2.05) is 30.4 Å². The summed E-state index contributed by atoms with van der Waals surface area (Å²) in [6, 6.07) is 5.64. The van der Waals surface area contributed by atoms with Gasteiger partial charge < -0.3 is 19.9 Å². The number of aliphatic carboxylic acids is 1. The van der Waals surface area contributed by atoms with E-state index in [4.69, 9.17) is 9.47 Å². The van der Waals surface area contributed by atoms with E-state index in [1.165, 1.54) is 0 Å². The summed E-state index contributed by atoms with van der Waals surface area (Å²) in [5.74, 6) is -0.754. The summed E-state index contributed by atoms with van der Waals surface area (Å²) in [4.78, 5) is 24.0. The quantitative estimate of drug-likeness (QED) is 0.737. The molecule has 0 saturated heterocycles. The Balaban J connectivity index is 1.58. The number of carboxylic acid groups (broad SMARTS) is 1. The van der Waals surface area contributed by atoms with Crippen molar-refractivity contribution in [2.75, 3.05) is 20.8 Å². The van der Waals surface area contributed by atoms with Crippen LogP contribution in [0.25, 0.3) is 0 Å². The van der Waals surface area contributed by atoms with Crippen molar-refractivity contribution in [1.82, 2.24) is 5.32 Å². The van der Waals surface area contributed by atoms with Gasteiger partial charge in [0.15, 0.2) is 11.5 Å². The van der Waals surface area contributed by atoms with Crippen LogP contribution < -0.4 is 14.8 Å². The SMILES string of the molecule is COc1ccc(CCNC(=O)[C@H]2[C@@H](C(=O)O)[C@@H]3C=C[C@H]2C3)cc1OC. The molecular weight excluding hydrogens is 322 g/mol. The third-order valence-corrected chi connectivity index (χ3v) is 5.21. The molecule has 1 aromatic rings. The number of rotatable bonds is 7. The molecule has 2 aliphatic rings. The fourth-order valence-corrected chi connectivity index (χ4v) is 4.00. The minimum Gasteiger partial charge on any atom is -0.493 e. The van der Waals surface area contributed by atoms with E-state index in [2.05, 4.69) is 5.32 Å². The van der Waals surface area contributed by atoms with Gasteiger partial charge in [0.25, 0.3) is 0 Å². The third-order valence-electron chi connectivity index (χ3n) is 5.21. The Kier molecular flexibility index (Phi) is 4.97. The van der Waals surface area contributed by atoms with Crippen LogP contribution in [0.3, 0.4) is 0 Å². The highest BCUT2D eigenvalue weighted by Crippen LogP contribution is 2.48. The summed E-state index contributed by atoms with van der Waals surface area (Å²) in [5.41, 5.74) is 1.01. The summed E-state index contributed by atoms with van der Waals surface area (Å²) in [6.45, 7) is 0.457. The predicted molar refractivity (Wildman–Crippen MR) is 91.6 cm³/mol. The number of nitrogens with one attached hydrogen (secondary N) is 1. The molecule has 1 amide bonds. The zero-order valence-corrected chi connectivity index (χ0v) is 14.4. The van der Waals surface area contributed by atoms with Crippen molar-refractivity contribution in [3.8, 4) is 11.5 Å². The summed E-state index contributed by atoms with van der Waals surface area (Å²) in [5, 5.41) is 12.3. The van der Waals surface area contributed by atoms with E-state index in [0.29, 0.717) is 24.5 Å². The molecule has 2 bridgehead atoms. The van der Waals surface area contributed by atoms with Gasteiger partial charge in [0.2, 0.25) is 5.91 Å². The minimum absolute atomic E-state index is 0.0101. The normalized spacial score (nSPS) is 26.5. The van der Waals surface area contributed by atoms with Gasteiger partial charge in [-0.2, -0.15) is 0 Å². The number of amides is 1. The van der Waals surface area contributed by atoms with Crippen LogP contribution in [0.1, 0.15) is 12.0 Å². The molecule has 2 N–H and O–H groups in total. The molecule has 134 valence electrons. The molecular formula is C19H23NO5. The maximum absolute atomic E-state index is 12.5. The lowest BCUT2D eigenvalue weighted by Gasteiger charge is -2.23. The van der Waals surface area contributed by atoms with Crippen molar-refractivity contribution >= 4 is 11.9 Å². The van der Waals surface area contributed by atoms with Crippen LogP contribution in [-0.2, 0) is 16.0 Å². The highest BCUT2D eigenvalue weighted by molar-refractivity contribution is 5.86. The molecule has 2 aliphatic carbocycles. The second-order valence-corrected chi connectivity index (χ2v) is 6.57. The Bertz CT molecular complexity index is 699. The molecule has 1 aromatic carbocycles. The Morgan fingerprint density at radius 1 is 1.12 bits per heavy atom. The fraction of sp³-hybridized carbons (Fsp3) is 0.474. The number of methoxy groups -OCH3 is 2. The van der Waals surface area contributed by atoms with Crippen LogP contribution in [0.2, 0.25) is 0 Å². The first kappa shape index (κ1) is 17.3. The topological polar surface area (TPSA) is 84.9 Å². The first-order chi connectivity index (χ1) is 12.0. The van der Waals surface area contributed by atoms with Crippen molar-refractivity contribution in [1.29, 1.82) is 0 Å². The highest BCUT2D eigenvalue weighted by Gasteiger charge is 2.51. The second kappa shape index (κ2) is 7.17. The fourth-order valence-electron chi connectivity index (χ4n) is 4.00. The summed E-state index contributed by atoms with van der Waals surface area (Å²) in [6.07, 6.45) is 5.34. The second-order valence-electron chi connectivity index (χ2n) is 6.57. The summed E-state index contributed by atoms with van der Waals surface area (Å²) < 4.78 is 10.5. The first-order valence-corrected chi connectivity index (χ1v) is 8.45. The number of hydrogen-bond acceptors (Lipinski definition) is 4. The molecule has 0 heterocycles. The molecule has 0 aromatic heterocycles. The van der Waals surface area contributed by atoms with E-state index < -0.39 is 17.8 Å². The average molecular weight is 345 g/mol. The van der Waals surface area contributed by atoms with Crippen molar-refractivity contribution in [2.45, 2.75) is 12.8 Å². The van der Waals surface area contributed by atoms with E-state index in [0.717, 1.165) is 12.0 Å². The molecule has 4 atom stereocenters. The monoisotopic (exact) mass is 345 g/mol. The Morgan fingerprint density at radius 2 is 1.80 bits per heavy atom. The molecule has 3 rings (SSSR count). The van der Waals surface area contributed by atoms with E-state index in [1.54, 1.807) is 14.2 Å². The molecule has 0 aliphatic heterocycles. The Morgan fingerprint density at radius 3 is 2.44 bits per heavy atom.